The minimum atomic E-state index is -0.920. The zero-order valence-electron chi connectivity index (χ0n) is 18.3. The molecule has 1 fully saturated rings. The second-order valence-electron chi connectivity index (χ2n) is 8.32. The van der Waals surface area contributed by atoms with Crippen molar-refractivity contribution in [3.63, 3.8) is 0 Å². The average molecular weight is 455 g/mol. The minimum Gasteiger partial charge on any atom is -0.480 e. The summed E-state index contributed by atoms with van der Waals surface area (Å²) in [4.78, 5) is 27.6. The number of carboxylic acid groups (broad SMARTS) is 1. The highest BCUT2D eigenvalue weighted by atomic mass is 16.4. The van der Waals surface area contributed by atoms with Gasteiger partial charge in [0.2, 0.25) is 0 Å². The monoisotopic (exact) mass is 455 g/mol. The zero-order valence-corrected chi connectivity index (χ0v) is 18.3. The lowest BCUT2D eigenvalue weighted by Gasteiger charge is -2.22. The molecule has 6 rings (SSSR count). The zero-order chi connectivity index (χ0) is 23.2. The number of furan rings is 1. The van der Waals surface area contributed by atoms with Crippen molar-refractivity contribution in [2.75, 3.05) is 16.8 Å². The number of aromatic nitrogens is 5. The molecule has 1 aromatic carbocycles. The Bertz CT molecular complexity index is 1510. The largest absolute Gasteiger partial charge is 0.480 e. The summed E-state index contributed by atoms with van der Waals surface area (Å²) >= 11 is 0. The molecular weight excluding hydrogens is 434 g/mol. The van der Waals surface area contributed by atoms with Crippen LogP contribution < -0.4 is 10.2 Å². The second kappa shape index (κ2) is 7.84. The number of fused-ring (bicyclic) bond motifs is 3. The third-order valence-electron chi connectivity index (χ3n) is 6.09. The molecule has 4 aromatic heterocycles. The van der Waals surface area contributed by atoms with Crippen molar-refractivity contribution in [2.24, 2.45) is 0 Å². The molecule has 10 heteroatoms. The number of rotatable bonds is 5. The van der Waals surface area contributed by atoms with Gasteiger partial charge in [-0.25, -0.2) is 14.8 Å². The molecule has 5 aromatic rings. The molecule has 2 atom stereocenters. The van der Waals surface area contributed by atoms with Crippen LogP contribution in [0.2, 0.25) is 0 Å². The average Bonchev–Trinajstić information content (AvgIpc) is 3.56. The predicted octanol–water partition coefficient (Wildman–Crippen LogP) is 3.61. The van der Waals surface area contributed by atoms with Crippen molar-refractivity contribution in [1.29, 1.82) is 0 Å². The number of para-hydroxylation sites is 1. The van der Waals surface area contributed by atoms with Gasteiger partial charge in [-0.05, 0) is 31.2 Å². The molecule has 34 heavy (non-hydrogen) atoms. The maximum Gasteiger partial charge on any atom is 0.326 e. The molecule has 0 bridgehead atoms. The summed E-state index contributed by atoms with van der Waals surface area (Å²) in [5.41, 5.74) is 3.47. The van der Waals surface area contributed by atoms with E-state index >= 15 is 0 Å². The number of hydrogen-bond donors (Lipinski definition) is 3. The van der Waals surface area contributed by atoms with E-state index in [9.17, 15) is 9.90 Å². The maximum atomic E-state index is 12.2. The number of aromatic amines is 1. The van der Waals surface area contributed by atoms with Crippen molar-refractivity contribution >= 4 is 39.7 Å². The number of nitrogens with zero attached hydrogens (tertiary/aromatic N) is 5. The van der Waals surface area contributed by atoms with Crippen LogP contribution in [0.5, 0.6) is 0 Å². The molecule has 0 radical (unpaired) electrons. The Kier molecular flexibility index (Phi) is 4.65. The fraction of sp³-hybridized carbons (Fsp3) is 0.208. The van der Waals surface area contributed by atoms with Gasteiger partial charge >= 0.3 is 5.97 Å². The van der Waals surface area contributed by atoms with Crippen LogP contribution >= 0.6 is 0 Å². The number of benzene rings is 1. The van der Waals surface area contributed by atoms with Gasteiger partial charge in [0, 0.05) is 36.8 Å². The molecule has 170 valence electrons. The van der Waals surface area contributed by atoms with E-state index in [0.717, 1.165) is 16.6 Å². The smallest absolute Gasteiger partial charge is 0.326 e. The fourth-order valence-corrected chi connectivity index (χ4v) is 4.60. The normalized spacial score (nSPS) is 18.1. The Morgan fingerprint density at radius 2 is 2.06 bits per heavy atom. The molecule has 0 saturated carbocycles. The summed E-state index contributed by atoms with van der Waals surface area (Å²) < 4.78 is 6.09. The van der Waals surface area contributed by atoms with Gasteiger partial charge in [0.15, 0.2) is 17.2 Å². The lowest BCUT2D eigenvalue weighted by atomic mass is 10.1. The lowest BCUT2D eigenvalue weighted by Crippen LogP contribution is -2.37. The molecule has 0 aliphatic carbocycles. The van der Waals surface area contributed by atoms with Crippen molar-refractivity contribution < 1.29 is 14.3 Å². The number of pyridine rings is 1. The summed E-state index contributed by atoms with van der Waals surface area (Å²) in [5, 5.41) is 21.5. The second-order valence-corrected chi connectivity index (χ2v) is 8.32. The van der Waals surface area contributed by atoms with Gasteiger partial charge in [0.1, 0.15) is 23.0 Å². The molecule has 1 aliphatic rings. The van der Waals surface area contributed by atoms with Gasteiger partial charge < -0.3 is 19.7 Å². The first-order valence-corrected chi connectivity index (χ1v) is 11.0. The molecule has 3 N–H and O–H groups in total. The summed E-state index contributed by atoms with van der Waals surface area (Å²) in [6.07, 6.45) is 3.87. The highest BCUT2D eigenvalue weighted by molar-refractivity contribution is 6.06. The van der Waals surface area contributed by atoms with Gasteiger partial charge in [-0.3, -0.25) is 10.1 Å². The predicted molar refractivity (Wildman–Crippen MR) is 127 cm³/mol. The molecule has 1 aliphatic heterocycles. The van der Waals surface area contributed by atoms with E-state index in [1.165, 1.54) is 0 Å². The van der Waals surface area contributed by atoms with Crippen molar-refractivity contribution in [2.45, 2.75) is 25.4 Å². The number of carbonyl (C=O) groups is 1. The van der Waals surface area contributed by atoms with Crippen LogP contribution in [0.25, 0.3) is 33.3 Å². The van der Waals surface area contributed by atoms with E-state index in [1.54, 1.807) is 24.2 Å². The molecule has 10 nitrogen and oxygen atoms in total. The van der Waals surface area contributed by atoms with Gasteiger partial charge in [-0.15, -0.1) is 0 Å². The molecule has 5 heterocycles. The van der Waals surface area contributed by atoms with E-state index in [1.807, 2.05) is 42.5 Å². The van der Waals surface area contributed by atoms with E-state index in [2.05, 4.69) is 30.5 Å². The molecular formula is C24H21N7O3. The topological polar surface area (TPSA) is 133 Å². The minimum absolute atomic E-state index is 0.179. The number of nitrogens with one attached hydrogen (secondary N) is 2. The Balaban J connectivity index is 1.37. The van der Waals surface area contributed by atoms with Gasteiger partial charge in [-0.1, -0.05) is 18.2 Å². The molecule has 0 spiro atoms. The highest BCUT2D eigenvalue weighted by Gasteiger charge is 2.40. The third kappa shape index (κ3) is 3.31. The first-order valence-electron chi connectivity index (χ1n) is 11.0. The number of anilines is 2. The number of aryl methyl sites for hydroxylation is 1. The number of hydrogen-bond acceptors (Lipinski definition) is 8. The Labute approximate surface area is 193 Å². The fourth-order valence-electron chi connectivity index (χ4n) is 4.60. The van der Waals surface area contributed by atoms with E-state index in [0.29, 0.717) is 47.1 Å². The van der Waals surface area contributed by atoms with Gasteiger partial charge in [-0.2, -0.15) is 5.10 Å². The van der Waals surface area contributed by atoms with Crippen LogP contribution in [0.4, 0.5) is 11.6 Å². The lowest BCUT2D eigenvalue weighted by molar-refractivity contribution is -0.138. The Morgan fingerprint density at radius 1 is 1.21 bits per heavy atom. The third-order valence-corrected chi connectivity index (χ3v) is 6.09. The van der Waals surface area contributed by atoms with E-state index in [-0.39, 0.29) is 6.04 Å². The molecule has 2 unspecified atom stereocenters. The van der Waals surface area contributed by atoms with Crippen molar-refractivity contribution in [3.8, 4) is 11.3 Å². The van der Waals surface area contributed by atoms with E-state index in [4.69, 9.17) is 4.42 Å². The first kappa shape index (κ1) is 20.2. The Morgan fingerprint density at radius 3 is 2.88 bits per heavy atom. The van der Waals surface area contributed by atoms with Crippen LogP contribution in [0.3, 0.4) is 0 Å². The van der Waals surface area contributed by atoms with Crippen molar-refractivity contribution in [1.82, 2.24) is 25.1 Å². The van der Waals surface area contributed by atoms with Crippen LogP contribution in [-0.2, 0) is 4.79 Å². The van der Waals surface area contributed by atoms with E-state index < -0.39 is 12.0 Å². The molecule has 0 amide bonds. The standard InChI is InChI=1S/C24H21N7O3/c1-13-27-20-15-6-2-3-8-19(15)34-21(20)23(28-13)31-12-14(10-18(31)24(32)33)29-22-16(11-26-30-22)17-7-4-5-9-25-17/h2-9,11,14,18H,10,12H2,1H3,(H,32,33)(H2,26,29,30). The van der Waals surface area contributed by atoms with Crippen LogP contribution in [-0.4, -0.2) is 54.9 Å². The molecule has 1 saturated heterocycles. The first-order chi connectivity index (χ1) is 16.6. The number of aliphatic carboxylic acids is 1. The summed E-state index contributed by atoms with van der Waals surface area (Å²) in [6, 6.07) is 12.3. The number of carboxylic acids is 1. The van der Waals surface area contributed by atoms with Crippen LogP contribution in [0, 0.1) is 6.92 Å². The summed E-state index contributed by atoms with van der Waals surface area (Å²) in [7, 11) is 0. The quantitative estimate of drug-likeness (QED) is 0.363. The van der Waals surface area contributed by atoms with Crippen molar-refractivity contribution in [3.05, 3.63) is 60.7 Å². The van der Waals surface area contributed by atoms with Gasteiger partial charge in [0.05, 0.1) is 11.3 Å². The maximum absolute atomic E-state index is 12.2. The number of H-pyrrole nitrogens is 1. The van der Waals surface area contributed by atoms with Gasteiger partial charge in [0.25, 0.3) is 0 Å². The van der Waals surface area contributed by atoms with Crippen LogP contribution in [0.15, 0.2) is 59.3 Å². The summed E-state index contributed by atoms with van der Waals surface area (Å²) in [6.45, 7) is 2.21. The Hall–Kier alpha value is -4.47. The highest BCUT2D eigenvalue weighted by Crippen LogP contribution is 2.36. The SMILES string of the molecule is Cc1nc(N2CC(Nc3n[nH]cc3-c3ccccn3)CC2C(=O)O)c2oc3ccccc3c2n1. The van der Waals surface area contributed by atoms with Crippen LogP contribution in [0.1, 0.15) is 12.2 Å². The summed E-state index contributed by atoms with van der Waals surface area (Å²) in [5.74, 6) is 0.751.